The van der Waals surface area contributed by atoms with Crippen molar-refractivity contribution in [2.24, 2.45) is 0 Å². The van der Waals surface area contributed by atoms with E-state index >= 15 is 0 Å². The van der Waals surface area contributed by atoms with E-state index in [4.69, 9.17) is 11.6 Å². The fourth-order valence-corrected chi connectivity index (χ4v) is 1.81. The highest BCUT2D eigenvalue weighted by atomic mass is 35.5. The molecule has 0 aliphatic carbocycles. The van der Waals surface area contributed by atoms with Crippen LogP contribution >= 0.6 is 11.6 Å². The van der Waals surface area contributed by atoms with E-state index < -0.39 is 5.82 Å². The maximum Gasteiger partial charge on any atom is 0.193 e. The third-order valence-corrected chi connectivity index (χ3v) is 3.11. The summed E-state index contributed by atoms with van der Waals surface area (Å²) < 4.78 is 13.3. The van der Waals surface area contributed by atoms with Gasteiger partial charge in [0.15, 0.2) is 5.78 Å². The van der Waals surface area contributed by atoms with Gasteiger partial charge in [0, 0.05) is 11.1 Å². The Morgan fingerprint density at radius 3 is 2.28 bits per heavy atom. The Morgan fingerprint density at radius 2 is 1.72 bits per heavy atom. The maximum absolute atomic E-state index is 13.3. The summed E-state index contributed by atoms with van der Waals surface area (Å²) in [5, 5.41) is 0.0212. The van der Waals surface area contributed by atoms with E-state index in [0.29, 0.717) is 11.1 Å². The third-order valence-electron chi connectivity index (χ3n) is 2.81. The first-order chi connectivity index (χ1) is 8.61. The number of carbonyl (C=O) groups is 1. The second-order valence-corrected chi connectivity index (χ2v) is 4.42. The van der Waals surface area contributed by atoms with Crippen LogP contribution in [0.15, 0.2) is 42.5 Å². The summed E-state index contributed by atoms with van der Waals surface area (Å²) >= 11 is 5.58. The molecule has 1 nitrogen and oxygen atoms in total. The molecule has 2 rings (SSSR count). The zero-order chi connectivity index (χ0) is 13.1. The predicted molar refractivity (Wildman–Crippen MR) is 70.7 cm³/mol. The van der Waals surface area contributed by atoms with Crippen LogP contribution in [0.3, 0.4) is 0 Å². The summed E-state index contributed by atoms with van der Waals surface area (Å²) in [7, 11) is 0. The molecule has 3 heteroatoms. The van der Waals surface area contributed by atoms with Crippen molar-refractivity contribution >= 4 is 17.4 Å². The van der Waals surface area contributed by atoms with Crippen LogP contribution in [-0.2, 0) is 6.42 Å². The second-order valence-electron chi connectivity index (χ2n) is 4.01. The lowest BCUT2D eigenvalue weighted by Gasteiger charge is -2.03. The maximum atomic E-state index is 13.3. The lowest BCUT2D eigenvalue weighted by atomic mass is 10.0. The number of benzene rings is 2. The topological polar surface area (TPSA) is 17.1 Å². The molecule has 2 aromatic rings. The van der Waals surface area contributed by atoms with Gasteiger partial charge in [-0.2, -0.15) is 0 Å². The van der Waals surface area contributed by atoms with Gasteiger partial charge in [0.1, 0.15) is 5.82 Å². The summed E-state index contributed by atoms with van der Waals surface area (Å²) in [5.41, 5.74) is 2.02. The van der Waals surface area contributed by atoms with Crippen molar-refractivity contribution < 1.29 is 9.18 Å². The van der Waals surface area contributed by atoms with Gasteiger partial charge in [-0.25, -0.2) is 4.39 Å². The Labute approximate surface area is 110 Å². The minimum absolute atomic E-state index is 0.0212. The van der Waals surface area contributed by atoms with Crippen molar-refractivity contribution in [1.82, 2.24) is 0 Å². The standard InChI is InChI=1S/C15H12ClFO/c1-2-10-3-5-11(6-4-10)15(18)12-7-8-13(16)14(17)9-12/h3-9H,2H2,1H3. The molecular formula is C15H12ClFO. The smallest absolute Gasteiger partial charge is 0.193 e. The van der Waals surface area contributed by atoms with Crippen LogP contribution < -0.4 is 0 Å². The summed E-state index contributed by atoms with van der Waals surface area (Å²) in [6, 6.07) is 11.4. The number of halogens is 2. The molecule has 0 N–H and O–H groups in total. The van der Waals surface area contributed by atoms with Crippen LogP contribution in [0.1, 0.15) is 28.4 Å². The Morgan fingerprint density at radius 1 is 1.11 bits per heavy atom. The first-order valence-corrected chi connectivity index (χ1v) is 6.08. The number of hydrogen-bond donors (Lipinski definition) is 0. The predicted octanol–water partition coefficient (Wildman–Crippen LogP) is 4.27. The van der Waals surface area contributed by atoms with Crippen molar-refractivity contribution in [3.05, 3.63) is 70.0 Å². The molecule has 0 amide bonds. The molecule has 0 saturated carbocycles. The van der Waals surface area contributed by atoms with E-state index in [1.54, 1.807) is 12.1 Å². The highest BCUT2D eigenvalue weighted by Gasteiger charge is 2.11. The number of rotatable bonds is 3. The average Bonchev–Trinajstić information content (AvgIpc) is 2.41. The summed E-state index contributed by atoms with van der Waals surface area (Å²) in [6.45, 7) is 2.05. The van der Waals surface area contributed by atoms with Crippen LogP contribution in [0.2, 0.25) is 5.02 Å². The van der Waals surface area contributed by atoms with Gasteiger partial charge in [-0.1, -0.05) is 42.8 Å². The summed E-state index contributed by atoms with van der Waals surface area (Å²) in [6.07, 6.45) is 0.921. The highest BCUT2D eigenvalue weighted by molar-refractivity contribution is 6.30. The van der Waals surface area contributed by atoms with Gasteiger partial charge in [0.25, 0.3) is 0 Å². The Balaban J connectivity index is 2.32. The van der Waals surface area contributed by atoms with Gasteiger partial charge in [-0.15, -0.1) is 0 Å². The quantitative estimate of drug-likeness (QED) is 0.755. The van der Waals surface area contributed by atoms with E-state index in [0.717, 1.165) is 12.0 Å². The van der Waals surface area contributed by atoms with Gasteiger partial charge in [-0.3, -0.25) is 4.79 Å². The van der Waals surface area contributed by atoms with E-state index in [2.05, 4.69) is 0 Å². The fourth-order valence-electron chi connectivity index (χ4n) is 1.70. The van der Waals surface area contributed by atoms with Crippen LogP contribution in [0.5, 0.6) is 0 Å². The molecule has 0 spiro atoms. The SMILES string of the molecule is CCc1ccc(C(=O)c2ccc(Cl)c(F)c2)cc1. The second kappa shape index (κ2) is 5.32. The van der Waals surface area contributed by atoms with Gasteiger partial charge in [-0.05, 0) is 30.2 Å². The third kappa shape index (κ3) is 2.59. The molecule has 0 atom stereocenters. The number of hydrogen-bond acceptors (Lipinski definition) is 1. The number of ketones is 1. The summed E-state index contributed by atoms with van der Waals surface area (Å²) in [4.78, 5) is 12.1. The lowest BCUT2D eigenvalue weighted by Crippen LogP contribution is -2.02. The number of carbonyl (C=O) groups excluding carboxylic acids is 1. The molecule has 0 heterocycles. The van der Waals surface area contributed by atoms with Gasteiger partial charge in [0.2, 0.25) is 0 Å². The Kier molecular flexibility index (Phi) is 3.78. The van der Waals surface area contributed by atoms with Gasteiger partial charge >= 0.3 is 0 Å². The van der Waals surface area contributed by atoms with E-state index in [-0.39, 0.29) is 10.8 Å². The molecule has 92 valence electrons. The molecule has 0 unspecified atom stereocenters. The average molecular weight is 263 g/mol. The highest BCUT2D eigenvalue weighted by Crippen LogP contribution is 2.18. The van der Waals surface area contributed by atoms with E-state index in [1.165, 1.54) is 18.2 Å². The summed E-state index contributed by atoms with van der Waals surface area (Å²) in [5.74, 6) is -0.777. The zero-order valence-corrected chi connectivity index (χ0v) is 10.7. The van der Waals surface area contributed by atoms with Crippen LogP contribution in [0.25, 0.3) is 0 Å². The Bertz CT molecular complexity index is 576. The Hall–Kier alpha value is -1.67. The molecule has 0 bridgehead atoms. The lowest BCUT2D eigenvalue weighted by molar-refractivity contribution is 0.103. The molecule has 0 saturated heterocycles. The molecule has 18 heavy (non-hydrogen) atoms. The molecule has 0 aromatic heterocycles. The normalized spacial score (nSPS) is 10.4. The molecule has 0 fully saturated rings. The molecule has 0 aliphatic rings. The van der Waals surface area contributed by atoms with Crippen molar-refractivity contribution in [3.63, 3.8) is 0 Å². The molecule has 0 radical (unpaired) electrons. The van der Waals surface area contributed by atoms with Crippen LogP contribution in [0.4, 0.5) is 4.39 Å². The fraction of sp³-hybridized carbons (Fsp3) is 0.133. The van der Waals surface area contributed by atoms with Gasteiger partial charge in [0.05, 0.1) is 5.02 Å². The minimum Gasteiger partial charge on any atom is -0.289 e. The van der Waals surface area contributed by atoms with Crippen molar-refractivity contribution in [3.8, 4) is 0 Å². The molecule has 0 aliphatic heterocycles. The molecular weight excluding hydrogens is 251 g/mol. The van der Waals surface area contributed by atoms with Gasteiger partial charge < -0.3 is 0 Å². The first kappa shape index (κ1) is 12.8. The van der Waals surface area contributed by atoms with E-state index in [9.17, 15) is 9.18 Å². The minimum atomic E-state index is -0.576. The largest absolute Gasteiger partial charge is 0.289 e. The van der Waals surface area contributed by atoms with Crippen molar-refractivity contribution in [2.45, 2.75) is 13.3 Å². The van der Waals surface area contributed by atoms with Crippen LogP contribution in [0, 0.1) is 5.82 Å². The van der Waals surface area contributed by atoms with Crippen LogP contribution in [-0.4, -0.2) is 5.78 Å². The zero-order valence-electron chi connectivity index (χ0n) is 9.91. The van der Waals surface area contributed by atoms with Crippen molar-refractivity contribution in [2.75, 3.05) is 0 Å². The monoisotopic (exact) mass is 262 g/mol. The molecule has 2 aromatic carbocycles. The van der Waals surface area contributed by atoms with E-state index in [1.807, 2.05) is 19.1 Å². The van der Waals surface area contributed by atoms with Crippen molar-refractivity contribution in [1.29, 1.82) is 0 Å². The number of aryl methyl sites for hydroxylation is 1. The first-order valence-electron chi connectivity index (χ1n) is 5.70.